The second-order valence-corrected chi connectivity index (χ2v) is 6.10. The van der Waals surface area contributed by atoms with Gasteiger partial charge in [-0.05, 0) is 39.7 Å². The number of aromatic nitrogens is 2. The Morgan fingerprint density at radius 1 is 1.25 bits per heavy atom. The van der Waals surface area contributed by atoms with Crippen LogP contribution in [0.5, 0.6) is 0 Å². The van der Waals surface area contributed by atoms with Crippen molar-refractivity contribution in [1.82, 2.24) is 15.3 Å². The average Bonchev–Trinajstić information content (AvgIpc) is 2.37. The summed E-state index contributed by atoms with van der Waals surface area (Å²) in [6.45, 7) is 16.0. The van der Waals surface area contributed by atoms with Gasteiger partial charge >= 0.3 is 0 Å². The third-order valence-corrected chi connectivity index (χ3v) is 3.25. The minimum Gasteiger partial charge on any atom is -0.338 e. The molecule has 1 aromatic heterocycles. The second kappa shape index (κ2) is 8.20. The van der Waals surface area contributed by atoms with Crippen molar-refractivity contribution in [2.45, 2.75) is 60.5 Å². The van der Waals surface area contributed by atoms with E-state index in [1.165, 1.54) is 5.56 Å². The summed E-state index contributed by atoms with van der Waals surface area (Å²) in [4.78, 5) is 11.5. The molecule has 0 aliphatic heterocycles. The molecule has 1 N–H and O–H groups in total. The van der Waals surface area contributed by atoms with Crippen LogP contribution in [0.1, 0.15) is 52.3 Å². The third kappa shape index (κ3) is 5.08. The van der Waals surface area contributed by atoms with Crippen LogP contribution in [0.2, 0.25) is 0 Å². The van der Waals surface area contributed by atoms with Gasteiger partial charge in [0.2, 0.25) is 5.95 Å². The van der Waals surface area contributed by atoms with Crippen molar-refractivity contribution in [1.29, 1.82) is 0 Å². The second-order valence-electron chi connectivity index (χ2n) is 6.10. The molecule has 114 valence electrons. The van der Waals surface area contributed by atoms with E-state index in [2.05, 4.69) is 56.7 Å². The SMILES string of the molecule is CCCNCc1cnc(N(CC(C)C)C(C)C)nc1C. The van der Waals surface area contributed by atoms with Crippen molar-refractivity contribution in [3.05, 3.63) is 17.5 Å². The highest BCUT2D eigenvalue weighted by Gasteiger charge is 2.15. The summed E-state index contributed by atoms with van der Waals surface area (Å²) < 4.78 is 0. The number of hydrogen-bond donors (Lipinski definition) is 1. The Labute approximate surface area is 124 Å². The highest BCUT2D eigenvalue weighted by molar-refractivity contribution is 5.34. The normalized spacial score (nSPS) is 11.4. The minimum absolute atomic E-state index is 0.417. The average molecular weight is 278 g/mol. The number of nitrogens with one attached hydrogen (secondary N) is 1. The zero-order valence-electron chi connectivity index (χ0n) is 13.9. The van der Waals surface area contributed by atoms with Crippen molar-refractivity contribution in [3.63, 3.8) is 0 Å². The van der Waals surface area contributed by atoms with Gasteiger partial charge in [0.25, 0.3) is 0 Å². The molecule has 0 aliphatic rings. The van der Waals surface area contributed by atoms with Crippen LogP contribution in [0.3, 0.4) is 0 Å². The van der Waals surface area contributed by atoms with Gasteiger partial charge in [-0.15, -0.1) is 0 Å². The van der Waals surface area contributed by atoms with Gasteiger partial charge < -0.3 is 10.2 Å². The molecule has 4 heteroatoms. The molecule has 0 aliphatic carbocycles. The van der Waals surface area contributed by atoms with Gasteiger partial charge in [-0.25, -0.2) is 9.97 Å². The van der Waals surface area contributed by atoms with Gasteiger partial charge in [0, 0.05) is 36.6 Å². The smallest absolute Gasteiger partial charge is 0.225 e. The highest BCUT2D eigenvalue weighted by Crippen LogP contribution is 2.15. The lowest BCUT2D eigenvalue weighted by molar-refractivity contribution is 0.559. The molecule has 0 bridgehead atoms. The zero-order valence-corrected chi connectivity index (χ0v) is 13.9. The zero-order chi connectivity index (χ0) is 15.1. The number of anilines is 1. The predicted molar refractivity (Wildman–Crippen MR) is 86.1 cm³/mol. The molecule has 0 radical (unpaired) electrons. The Morgan fingerprint density at radius 2 is 1.95 bits per heavy atom. The lowest BCUT2D eigenvalue weighted by Crippen LogP contribution is -2.35. The van der Waals surface area contributed by atoms with E-state index < -0.39 is 0 Å². The summed E-state index contributed by atoms with van der Waals surface area (Å²) in [6, 6.07) is 0.417. The van der Waals surface area contributed by atoms with Gasteiger partial charge in [-0.1, -0.05) is 20.8 Å². The Morgan fingerprint density at radius 3 is 2.45 bits per heavy atom. The first-order chi connectivity index (χ1) is 9.45. The fraction of sp³-hybridized carbons (Fsp3) is 0.750. The summed E-state index contributed by atoms with van der Waals surface area (Å²) in [5.41, 5.74) is 2.27. The molecule has 1 aromatic rings. The lowest BCUT2D eigenvalue weighted by Gasteiger charge is -2.28. The largest absolute Gasteiger partial charge is 0.338 e. The van der Waals surface area contributed by atoms with Crippen molar-refractivity contribution in [3.8, 4) is 0 Å². The maximum absolute atomic E-state index is 4.70. The van der Waals surface area contributed by atoms with E-state index in [1.54, 1.807) is 0 Å². The van der Waals surface area contributed by atoms with E-state index in [0.717, 1.165) is 37.7 Å². The summed E-state index contributed by atoms with van der Waals surface area (Å²) in [6.07, 6.45) is 3.11. The van der Waals surface area contributed by atoms with Gasteiger partial charge in [-0.3, -0.25) is 0 Å². The Kier molecular flexibility index (Phi) is 6.93. The summed E-state index contributed by atoms with van der Waals surface area (Å²) in [5, 5.41) is 3.40. The number of aryl methyl sites for hydroxylation is 1. The molecule has 0 unspecified atom stereocenters. The highest BCUT2D eigenvalue weighted by atomic mass is 15.3. The van der Waals surface area contributed by atoms with Crippen LogP contribution in [-0.4, -0.2) is 29.1 Å². The Balaban J connectivity index is 2.82. The van der Waals surface area contributed by atoms with Crippen LogP contribution in [0, 0.1) is 12.8 Å². The quantitative estimate of drug-likeness (QED) is 0.742. The predicted octanol–water partition coefficient (Wildman–Crippen LogP) is 3.16. The standard InChI is InChI=1S/C16H30N4/c1-7-8-17-9-15-10-18-16(19-14(15)6)20(13(4)5)11-12(2)3/h10,12-13,17H,7-9,11H2,1-6H3. The lowest BCUT2D eigenvalue weighted by atomic mass is 10.2. The first-order valence-electron chi connectivity index (χ1n) is 7.75. The maximum Gasteiger partial charge on any atom is 0.225 e. The molecule has 0 spiro atoms. The third-order valence-electron chi connectivity index (χ3n) is 3.25. The summed E-state index contributed by atoms with van der Waals surface area (Å²) >= 11 is 0. The number of rotatable bonds is 8. The fourth-order valence-electron chi connectivity index (χ4n) is 2.11. The summed E-state index contributed by atoms with van der Waals surface area (Å²) in [7, 11) is 0. The Bertz CT molecular complexity index is 401. The van der Waals surface area contributed by atoms with Crippen LogP contribution in [0.25, 0.3) is 0 Å². The first-order valence-corrected chi connectivity index (χ1v) is 7.75. The van der Waals surface area contributed by atoms with E-state index >= 15 is 0 Å². The van der Waals surface area contributed by atoms with Gasteiger partial charge in [0.15, 0.2) is 0 Å². The van der Waals surface area contributed by atoms with Gasteiger partial charge in [-0.2, -0.15) is 0 Å². The van der Waals surface area contributed by atoms with Crippen molar-refractivity contribution >= 4 is 5.95 Å². The van der Waals surface area contributed by atoms with E-state index in [4.69, 9.17) is 4.98 Å². The van der Waals surface area contributed by atoms with Crippen molar-refractivity contribution in [2.24, 2.45) is 5.92 Å². The van der Waals surface area contributed by atoms with Crippen LogP contribution in [-0.2, 0) is 6.54 Å². The van der Waals surface area contributed by atoms with Gasteiger partial charge in [0.1, 0.15) is 0 Å². The molecule has 0 fully saturated rings. The van der Waals surface area contributed by atoms with Crippen LogP contribution in [0.4, 0.5) is 5.95 Å². The molecule has 0 saturated heterocycles. The molecule has 0 saturated carbocycles. The molecule has 4 nitrogen and oxygen atoms in total. The topological polar surface area (TPSA) is 41.1 Å². The number of nitrogens with zero attached hydrogens (tertiary/aromatic N) is 3. The van der Waals surface area contributed by atoms with E-state index in [1.807, 2.05) is 6.20 Å². The molecule has 1 heterocycles. The van der Waals surface area contributed by atoms with Crippen molar-refractivity contribution < 1.29 is 0 Å². The minimum atomic E-state index is 0.417. The van der Waals surface area contributed by atoms with Gasteiger partial charge in [0.05, 0.1) is 0 Å². The monoisotopic (exact) mass is 278 g/mol. The van der Waals surface area contributed by atoms with E-state index in [9.17, 15) is 0 Å². The van der Waals surface area contributed by atoms with Crippen molar-refractivity contribution in [2.75, 3.05) is 18.0 Å². The molecule has 1 rings (SSSR count). The van der Waals surface area contributed by atoms with Crippen LogP contribution in [0.15, 0.2) is 6.20 Å². The van der Waals surface area contributed by atoms with E-state index in [-0.39, 0.29) is 0 Å². The van der Waals surface area contributed by atoms with Crippen LogP contribution < -0.4 is 10.2 Å². The Hall–Kier alpha value is -1.16. The fourth-order valence-corrected chi connectivity index (χ4v) is 2.11. The number of hydrogen-bond acceptors (Lipinski definition) is 4. The molecular formula is C16H30N4. The van der Waals surface area contributed by atoms with Crippen LogP contribution >= 0.6 is 0 Å². The summed E-state index contributed by atoms with van der Waals surface area (Å²) in [5.74, 6) is 1.46. The molecule has 20 heavy (non-hydrogen) atoms. The molecule has 0 aromatic carbocycles. The molecule has 0 amide bonds. The first kappa shape index (κ1) is 16.9. The van der Waals surface area contributed by atoms with E-state index in [0.29, 0.717) is 12.0 Å². The maximum atomic E-state index is 4.70. The molecule has 0 atom stereocenters. The molecular weight excluding hydrogens is 248 g/mol.